The van der Waals surface area contributed by atoms with E-state index in [-0.39, 0.29) is 12.5 Å². The van der Waals surface area contributed by atoms with Crippen molar-refractivity contribution in [3.8, 4) is 5.75 Å². The number of carbonyl (C=O) groups is 1. The molecule has 0 unspecified atom stereocenters. The van der Waals surface area contributed by atoms with Crippen LogP contribution >= 0.6 is 0 Å². The lowest BCUT2D eigenvalue weighted by Gasteiger charge is -2.05. The fourth-order valence-electron chi connectivity index (χ4n) is 2.15. The summed E-state index contributed by atoms with van der Waals surface area (Å²) in [5.41, 5.74) is 6.46. The van der Waals surface area contributed by atoms with Gasteiger partial charge in [0.15, 0.2) is 6.61 Å². The zero-order valence-electron chi connectivity index (χ0n) is 14.0. The summed E-state index contributed by atoms with van der Waals surface area (Å²) >= 11 is 0. The molecule has 1 amide bonds. The molecule has 0 radical (unpaired) electrons. The molecule has 122 valence electrons. The predicted octanol–water partition coefficient (Wildman–Crippen LogP) is 2.13. The average molecular weight is 314 g/mol. The average Bonchev–Trinajstić information content (AvgIpc) is 2.79. The quantitative estimate of drug-likeness (QED) is 0.656. The summed E-state index contributed by atoms with van der Waals surface area (Å²) in [6.45, 7) is 5.87. The molecule has 0 aliphatic rings. The molecule has 0 saturated heterocycles. The van der Waals surface area contributed by atoms with Crippen molar-refractivity contribution in [2.24, 2.45) is 12.1 Å². The predicted molar refractivity (Wildman–Crippen MR) is 89.7 cm³/mol. The summed E-state index contributed by atoms with van der Waals surface area (Å²) < 4.78 is 7.20. The highest BCUT2D eigenvalue weighted by Gasteiger charge is 2.07. The Kier molecular flexibility index (Phi) is 5.51. The van der Waals surface area contributed by atoms with Gasteiger partial charge in [-0.15, -0.1) is 0 Å². The molecule has 0 aliphatic heterocycles. The van der Waals surface area contributed by atoms with Crippen LogP contribution in [0.3, 0.4) is 0 Å². The Bertz CT molecular complexity index is 702. The van der Waals surface area contributed by atoms with Crippen molar-refractivity contribution in [1.29, 1.82) is 0 Å². The number of hydrogen-bond acceptors (Lipinski definition) is 4. The SMILES string of the molecule is CCc1ccc(OCC(=O)N/N=C/c2c(C)nn(C)c2C)cc1. The topological polar surface area (TPSA) is 68.5 Å². The molecule has 2 rings (SSSR count). The van der Waals surface area contributed by atoms with E-state index in [4.69, 9.17) is 4.74 Å². The molecule has 0 spiro atoms. The van der Waals surface area contributed by atoms with Gasteiger partial charge in [0.1, 0.15) is 5.75 Å². The van der Waals surface area contributed by atoms with E-state index in [1.165, 1.54) is 5.56 Å². The van der Waals surface area contributed by atoms with Crippen molar-refractivity contribution in [2.45, 2.75) is 27.2 Å². The van der Waals surface area contributed by atoms with Crippen molar-refractivity contribution in [3.63, 3.8) is 0 Å². The molecular weight excluding hydrogens is 292 g/mol. The number of ether oxygens (including phenoxy) is 1. The van der Waals surface area contributed by atoms with Crippen LogP contribution in [0.2, 0.25) is 0 Å². The number of hydrazone groups is 1. The maximum atomic E-state index is 11.7. The zero-order valence-corrected chi connectivity index (χ0v) is 14.0. The zero-order chi connectivity index (χ0) is 16.8. The van der Waals surface area contributed by atoms with Crippen molar-refractivity contribution in [2.75, 3.05) is 6.61 Å². The number of amides is 1. The smallest absolute Gasteiger partial charge is 0.277 e. The van der Waals surface area contributed by atoms with Crippen LogP contribution < -0.4 is 10.2 Å². The first-order valence-electron chi connectivity index (χ1n) is 7.55. The van der Waals surface area contributed by atoms with Crippen LogP contribution in [0.1, 0.15) is 29.4 Å². The molecule has 2 aromatic rings. The van der Waals surface area contributed by atoms with E-state index in [1.54, 1.807) is 10.9 Å². The molecule has 0 fully saturated rings. The van der Waals surface area contributed by atoms with E-state index >= 15 is 0 Å². The standard InChI is InChI=1S/C17H22N4O2/c1-5-14-6-8-15(9-7-14)23-11-17(22)19-18-10-16-12(2)20-21(4)13(16)3/h6-10H,5,11H2,1-4H3,(H,19,22)/b18-10+. The van der Waals surface area contributed by atoms with Gasteiger partial charge in [0, 0.05) is 18.3 Å². The van der Waals surface area contributed by atoms with Crippen LogP contribution in [0, 0.1) is 13.8 Å². The molecule has 1 aromatic carbocycles. The van der Waals surface area contributed by atoms with Crippen LogP contribution in [0.25, 0.3) is 0 Å². The second-order valence-corrected chi connectivity index (χ2v) is 5.29. The minimum absolute atomic E-state index is 0.0756. The fourth-order valence-corrected chi connectivity index (χ4v) is 2.15. The lowest BCUT2D eigenvalue weighted by atomic mass is 10.2. The minimum atomic E-state index is -0.306. The number of nitrogens with one attached hydrogen (secondary N) is 1. The normalized spacial score (nSPS) is 11.0. The van der Waals surface area contributed by atoms with E-state index in [1.807, 2.05) is 45.2 Å². The molecule has 0 aliphatic carbocycles. The monoisotopic (exact) mass is 314 g/mol. The highest BCUT2D eigenvalue weighted by atomic mass is 16.5. The summed E-state index contributed by atoms with van der Waals surface area (Å²) in [5, 5.41) is 8.24. The largest absolute Gasteiger partial charge is 0.484 e. The van der Waals surface area contributed by atoms with Crippen LogP contribution in [0.15, 0.2) is 29.4 Å². The Morgan fingerprint density at radius 3 is 2.61 bits per heavy atom. The lowest BCUT2D eigenvalue weighted by Crippen LogP contribution is -2.24. The number of carbonyl (C=O) groups excluding carboxylic acids is 1. The van der Waals surface area contributed by atoms with Crippen molar-refractivity contribution >= 4 is 12.1 Å². The third-order valence-electron chi connectivity index (χ3n) is 3.65. The van der Waals surface area contributed by atoms with Gasteiger partial charge in [0.05, 0.1) is 11.9 Å². The molecule has 1 aromatic heterocycles. The molecular formula is C17H22N4O2. The molecule has 0 bridgehead atoms. The van der Waals surface area contributed by atoms with Gasteiger partial charge in [0.2, 0.25) is 0 Å². The lowest BCUT2D eigenvalue weighted by molar-refractivity contribution is -0.123. The highest BCUT2D eigenvalue weighted by molar-refractivity contribution is 5.84. The highest BCUT2D eigenvalue weighted by Crippen LogP contribution is 2.12. The third kappa shape index (κ3) is 4.42. The molecule has 0 saturated carbocycles. The van der Waals surface area contributed by atoms with Crippen LogP contribution in [-0.2, 0) is 18.3 Å². The van der Waals surface area contributed by atoms with Crippen LogP contribution in [0.5, 0.6) is 5.75 Å². The first-order valence-corrected chi connectivity index (χ1v) is 7.55. The Hall–Kier alpha value is -2.63. The molecule has 1 N–H and O–H groups in total. The molecule has 1 heterocycles. The Labute approximate surface area is 136 Å². The van der Waals surface area contributed by atoms with Crippen molar-refractivity contribution < 1.29 is 9.53 Å². The number of benzene rings is 1. The number of hydrogen-bond donors (Lipinski definition) is 1. The maximum Gasteiger partial charge on any atom is 0.277 e. The Morgan fingerprint density at radius 2 is 2.04 bits per heavy atom. The van der Waals surface area contributed by atoms with E-state index < -0.39 is 0 Å². The van der Waals surface area contributed by atoms with Crippen molar-refractivity contribution in [3.05, 3.63) is 46.8 Å². The van der Waals surface area contributed by atoms with Crippen LogP contribution in [-0.4, -0.2) is 28.5 Å². The molecule has 23 heavy (non-hydrogen) atoms. The Morgan fingerprint density at radius 1 is 1.35 bits per heavy atom. The van der Waals surface area contributed by atoms with Gasteiger partial charge in [0.25, 0.3) is 5.91 Å². The number of aryl methyl sites for hydroxylation is 3. The van der Waals surface area contributed by atoms with E-state index in [2.05, 4.69) is 22.5 Å². The maximum absolute atomic E-state index is 11.7. The van der Waals surface area contributed by atoms with Crippen molar-refractivity contribution in [1.82, 2.24) is 15.2 Å². The van der Waals surface area contributed by atoms with Gasteiger partial charge >= 0.3 is 0 Å². The van der Waals surface area contributed by atoms with E-state index in [0.29, 0.717) is 5.75 Å². The summed E-state index contributed by atoms with van der Waals surface area (Å²) in [7, 11) is 1.87. The van der Waals surface area contributed by atoms with Gasteiger partial charge in [-0.05, 0) is 38.0 Å². The molecule has 0 atom stereocenters. The second-order valence-electron chi connectivity index (χ2n) is 5.29. The first-order chi connectivity index (χ1) is 11.0. The van der Waals surface area contributed by atoms with Gasteiger partial charge in [-0.25, -0.2) is 5.43 Å². The third-order valence-corrected chi connectivity index (χ3v) is 3.65. The summed E-state index contributed by atoms with van der Waals surface area (Å²) in [4.78, 5) is 11.7. The molecule has 6 heteroatoms. The number of aromatic nitrogens is 2. The van der Waals surface area contributed by atoms with Gasteiger partial charge in [-0.1, -0.05) is 19.1 Å². The van der Waals surface area contributed by atoms with Crippen LogP contribution in [0.4, 0.5) is 0 Å². The first kappa shape index (κ1) is 16.7. The summed E-state index contributed by atoms with van der Waals surface area (Å²) in [6.07, 6.45) is 2.58. The summed E-state index contributed by atoms with van der Waals surface area (Å²) in [5.74, 6) is 0.361. The summed E-state index contributed by atoms with van der Waals surface area (Å²) in [6, 6.07) is 7.69. The van der Waals surface area contributed by atoms with Gasteiger partial charge in [-0.2, -0.15) is 10.2 Å². The number of nitrogens with zero attached hydrogens (tertiary/aromatic N) is 3. The van der Waals surface area contributed by atoms with E-state index in [9.17, 15) is 4.79 Å². The number of rotatable bonds is 6. The van der Waals surface area contributed by atoms with Gasteiger partial charge < -0.3 is 4.74 Å². The fraction of sp³-hybridized carbons (Fsp3) is 0.353. The van der Waals surface area contributed by atoms with Gasteiger partial charge in [-0.3, -0.25) is 9.48 Å². The second kappa shape index (κ2) is 7.58. The minimum Gasteiger partial charge on any atom is -0.484 e. The van der Waals surface area contributed by atoms with E-state index in [0.717, 1.165) is 23.4 Å². The molecule has 6 nitrogen and oxygen atoms in total. The Balaban J connectivity index is 1.83.